The zero-order chi connectivity index (χ0) is 24.7. The van der Waals surface area contributed by atoms with E-state index < -0.39 is 17.6 Å². The summed E-state index contributed by atoms with van der Waals surface area (Å²) >= 11 is 0. The minimum Gasteiger partial charge on any atom is -0.496 e. The highest BCUT2D eigenvalue weighted by atomic mass is 16.5. The highest BCUT2D eigenvalue weighted by Crippen LogP contribution is 2.38. The molecule has 2 atom stereocenters. The van der Waals surface area contributed by atoms with Crippen LogP contribution in [0.15, 0.2) is 42.5 Å². The standard InChI is InChI=1S/C26H34N2O6/c1-28(2)15-14-26(13-6-16-34-26)25(31)27-20(24(29)30)17-18-9-11-19(12-10-18)23-21(32-3)7-5-8-22(23)33-4/h5,7-12,20H,6,13-17H2,1-4H3,(H,27,31)(H,29,30)/t20-,26-/m0/s1. The lowest BCUT2D eigenvalue weighted by Gasteiger charge is -2.30. The maximum absolute atomic E-state index is 13.1. The van der Waals surface area contributed by atoms with E-state index in [-0.39, 0.29) is 12.3 Å². The number of ether oxygens (including phenoxy) is 3. The molecule has 2 aromatic rings. The smallest absolute Gasteiger partial charge is 0.326 e. The van der Waals surface area contributed by atoms with E-state index in [0.717, 1.165) is 23.1 Å². The first-order valence-electron chi connectivity index (χ1n) is 11.4. The number of nitrogens with one attached hydrogen (secondary N) is 1. The SMILES string of the molecule is COc1cccc(OC)c1-c1ccc(C[C@H](NC(=O)[C@@]2(CCN(C)C)CCCO2)C(=O)O)cc1. The van der Waals surface area contributed by atoms with E-state index in [0.29, 0.717) is 37.5 Å². The summed E-state index contributed by atoms with van der Waals surface area (Å²) in [5.41, 5.74) is 1.53. The molecule has 8 nitrogen and oxygen atoms in total. The van der Waals surface area contributed by atoms with Gasteiger partial charge in [0, 0.05) is 19.6 Å². The van der Waals surface area contributed by atoms with Gasteiger partial charge in [0.05, 0.1) is 19.8 Å². The largest absolute Gasteiger partial charge is 0.496 e. The first-order valence-corrected chi connectivity index (χ1v) is 11.4. The monoisotopic (exact) mass is 470 g/mol. The van der Waals surface area contributed by atoms with Crippen LogP contribution in [0.2, 0.25) is 0 Å². The quantitative estimate of drug-likeness (QED) is 0.521. The number of carbonyl (C=O) groups is 2. The van der Waals surface area contributed by atoms with E-state index >= 15 is 0 Å². The fourth-order valence-corrected chi connectivity index (χ4v) is 4.26. The van der Waals surface area contributed by atoms with Crippen LogP contribution in [-0.2, 0) is 20.7 Å². The molecule has 34 heavy (non-hydrogen) atoms. The number of rotatable bonds is 11. The second-order valence-electron chi connectivity index (χ2n) is 8.80. The van der Waals surface area contributed by atoms with Crippen LogP contribution >= 0.6 is 0 Å². The van der Waals surface area contributed by atoms with Crippen molar-refractivity contribution in [3.05, 3.63) is 48.0 Å². The van der Waals surface area contributed by atoms with Gasteiger partial charge in [-0.25, -0.2) is 4.79 Å². The first kappa shape index (κ1) is 25.5. The predicted molar refractivity (Wildman–Crippen MR) is 129 cm³/mol. The molecule has 1 fully saturated rings. The highest BCUT2D eigenvalue weighted by molar-refractivity contribution is 5.89. The van der Waals surface area contributed by atoms with Crippen molar-refractivity contribution in [2.24, 2.45) is 0 Å². The molecule has 3 rings (SSSR count). The van der Waals surface area contributed by atoms with Gasteiger partial charge >= 0.3 is 5.97 Å². The van der Waals surface area contributed by atoms with Gasteiger partial charge in [0.15, 0.2) is 0 Å². The van der Waals surface area contributed by atoms with Crippen molar-refractivity contribution in [2.45, 2.75) is 37.3 Å². The summed E-state index contributed by atoms with van der Waals surface area (Å²) in [6, 6.07) is 12.0. The predicted octanol–water partition coefficient (Wildman–Crippen LogP) is 2.98. The Hall–Kier alpha value is -3.10. The fourth-order valence-electron chi connectivity index (χ4n) is 4.26. The van der Waals surface area contributed by atoms with Crippen molar-refractivity contribution in [2.75, 3.05) is 41.5 Å². The Kier molecular flexibility index (Phi) is 8.52. The number of nitrogens with zero attached hydrogens (tertiary/aromatic N) is 1. The van der Waals surface area contributed by atoms with Gasteiger partial charge in [-0.2, -0.15) is 0 Å². The van der Waals surface area contributed by atoms with Crippen LogP contribution in [0, 0.1) is 0 Å². The molecular formula is C26H34N2O6. The summed E-state index contributed by atoms with van der Waals surface area (Å²) in [4.78, 5) is 27.1. The third-order valence-corrected chi connectivity index (χ3v) is 6.19. The van der Waals surface area contributed by atoms with Crippen LogP contribution in [0.5, 0.6) is 11.5 Å². The zero-order valence-electron chi connectivity index (χ0n) is 20.3. The van der Waals surface area contributed by atoms with Crippen LogP contribution in [0.3, 0.4) is 0 Å². The zero-order valence-corrected chi connectivity index (χ0v) is 20.3. The Balaban J connectivity index is 1.75. The van der Waals surface area contributed by atoms with Crippen molar-refractivity contribution < 1.29 is 28.9 Å². The van der Waals surface area contributed by atoms with Crippen molar-refractivity contribution in [3.63, 3.8) is 0 Å². The van der Waals surface area contributed by atoms with Crippen LogP contribution in [0.4, 0.5) is 0 Å². The van der Waals surface area contributed by atoms with E-state index in [4.69, 9.17) is 14.2 Å². The van der Waals surface area contributed by atoms with Gasteiger partial charge in [0.1, 0.15) is 23.1 Å². The molecule has 1 saturated heterocycles. The molecule has 1 aliphatic heterocycles. The van der Waals surface area contributed by atoms with Gasteiger partial charge < -0.3 is 29.5 Å². The number of aliphatic carboxylic acids is 1. The minimum absolute atomic E-state index is 0.161. The third-order valence-electron chi connectivity index (χ3n) is 6.19. The molecule has 0 saturated carbocycles. The average molecular weight is 471 g/mol. The third kappa shape index (κ3) is 5.87. The average Bonchev–Trinajstić information content (AvgIpc) is 3.32. The summed E-state index contributed by atoms with van der Waals surface area (Å²) in [5.74, 6) is -0.0658. The molecule has 2 aromatic carbocycles. The topological polar surface area (TPSA) is 97.3 Å². The number of hydrogen-bond donors (Lipinski definition) is 2. The van der Waals surface area contributed by atoms with Crippen LogP contribution in [0.25, 0.3) is 11.1 Å². The van der Waals surface area contributed by atoms with Crippen molar-refractivity contribution >= 4 is 11.9 Å². The van der Waals surface area contributed by atoms with Gasteiger partial charge in [-0.15, -0.1) is 0 Å². The van der Waals surface area contributed by atoms with Crippen LogP contribution < -0.4 is 14.8 Å². The number of amides is 1. The van der Waals surface area contributed by atoms with Gasteiger partial charge in [-0.3, -0.25) is 4.79 Å². The molecule has 0 unspecified atom stereocenters. The van der Waals surface area contributed by atoms with Crippen LogP contribution in [-0.4, -0.2) is 75.0 Å². The Bertz CT molecular complexity index is 961. The van der Waals surface area contributed by atoms with E-state index in [1.54, 1.807) is 14.2 Å². The van der Waals surface area contributed by atoms with E-state index in [1.165, 1.54) is 0 Å². The molecular weight excluding hydrogens is 436 g/mol. The fraction of sp³-hybridized carbons (Fsp3) is 0.462. The number of carboxylic acids is 1. The lowest BCUT2D eigenvalue weighted by atomic mass is 9.93. The van der Waals surface area contributed by atoms with Crippen molar-refractivity contribution in [1.82, 2.24) is 10.2 Å². The number of benzene rings is 2. The van der Waals surface area contributed by atoms with E-state index in [1.807, 2.05) is 61.5 Å². The molecule has 1 amide bonds. The minimum atomic E-state index is -1.08. The number of hydrogen-bond acceptors (Lipinski definition) is 6. The molecule has 0 radical (unpaired) electrons. The van der Waals surface area contributed by atoms with Gasteiger partial charge in [-0.1, -0.05) is 30.3 Å². The normalized spacial score (nSPS) is 18.5. The van der Waals surface area contributed by atoms with Crippen molar-refractivity contribution in [3.8, 4) is 22.6 Å². The summed E-state index contributed by atoms with van der Waals surface area (Å²) in [7, 11) is 7.08. The van der Waals surface area contributed by atoms with Gasteiger partial charge in [0.2, 0.25) is 0 Å². The highest BCUT2D eigenvalue weighted by Gasteiger charge is 2.43. The molecule has 2 N–H and O–H groups in total. The maximum Gasteiger partial charge on any atom is 0.326 e. The second-order valence-corrected chi connectivity index (χ2v) is 8.80. The summed E-state index contributed by atoms with van der Waals surface area (Å²) in [6.07, 6.45) is 2.06. The lowest BCUT2D eigenvalue weighted by Crippen LogP contribution is -2.53. The summed E-state index contributed by atoms with van der Waals surface area (Å²) < 4.78 is 16.8. The molecule has 0 bridgehead atoms. The number of methoxy groups -OCH3 is 2. The maximum atomic E-state index is 13.1. The molecule has 8 heteroatoms. The first-order chi connectivity index (χ1) is 16.3. The number of carbonyl (C=O) groups excluding carboxylic acids is 1. The van der Waals surface area contributed by atoms with Crippen LogP contribution in [0.1, 0.15) is 24.8 Å². The molecule has 0 aliphatic carbocycles. The summed E-state index contributed by atoms with van der Waals surface area (Å²) in [5, 5.41) is 12.5. The molecule has 0 aromatic heterocycles. The Morgan fingerprint density at radius 1 is 1.12 bits per heavy atom. The molecule has 1 aliphatic rings. The van der Waals surface area contributed by atoms with Crippen molar-refractivity contribution in [1.29, 1.82) is 0 Å². The second kappa shape index (κ2) is 11.4. The Morgan fingerprint density at radius 3 is 2.26 bits per heavy atom. The van der Waals surface area contributed by atoms with E-state index in [2.05, 4.69) is 5.32 Å². The van der Waals surface area contributed by atoms with E-state index in [9.17, 15) is 14.7 Å². The molecule has 0 spiro atoms. The number of carboxylic acid groups (broad SMARTS) is 1. The Morgan fingerprint density at radius 2 is 1.76 bits per heavy atom. The lowest BCUT2D eigenvalue weighted by molar-refractivity contribution is -0.149. The summed E-state index contributed by atoms with van der Waals surface area (Å²) in [6.45, 7) is 1.19. The Labute approximate surface area is 200 Å². The van der Waals surface area contributed by atoms with Gasteiger partial charge in [-0.05, 0) is 56.6 Å². The van der Waals surface area contributed by atoms with Gasteiger partial charge in [0.25, 0.3) is 5.91 Å². The molecule has 184 valence electrons. The molecule has 1 heterocycles.